The number of phenols is 1. The van der Waals surface area contributed by atoms with Gasteiger partial charge < -0.3 is 15.7 Å². The van der Waals surface area contributed by atoms with Crippen molar-refractivity contribution >= 4 is 29.3 Å². The molecule has 5 rings (SSSR count). The Bertz CT molecular complexity index is 1380. The van der Waals surface area contributed by atoms with Gasteiger partial charge in [0.05, 0.1) is 6.04 Å². The Labute approximate surface area is 204 Å². The maximum Gasteiger partial charge on any atom is 0.236 e. The van der Waals surface area contributed by atoms with Gasteiger partial charge in [-0.15, -0.1) is 5.10 Å². The number of hydrogen-bond donors (Lipinski definition) is 3. The summed E-state index contributed by atoms with van der Waals surface area (Å²) in [6.07, 6.45) is 3.43. The lowest BCUT2D eigenvalue weighted by Crippen LogP contribution is -2.39. The number of benzene rings is 2. The number of carbonyl (C=O) groups is 1. The minimum Gasteiger partial charge on any atom is -0.508 e. The number of pyridine rings is 1. The molecule has 1 aliphatic rings. The minimum absolute atomic E-state index is 0.113. The number of aromatic hydroxyl groups is 1. The first-order valence-corrected chi connectivity index (χ1v) is 11.8. The molecule has 2 aromatic heterocycles. The number of nitrogens with one attached hydrogen (secondary N) is 3. The van der Waals surface area contributed by atoms with Crippen LogP contribution in [0.3, 0.4) is 0 Å². The number of amides is 1. The molecule has 0 radical (unpaired) electrons. The highest BCUT2D eigenvalue weighted by Gasteiger charge is 2.40. The van der Waals surface area contributed by atoms with Crippen LogP contribution in [0.1, 0.15) is 17.2 Å². The van der Waals surface area contributed by atoms with Gasteiger partial charge in [-0.1, -0.05) is 48.7 Å². The smallest absolute Gasteiger partial charge is 0.236 e. The van der Waals surface area contributed by atoms with E-state index in [0.29, 0.717) is 33.8 Å². The molecule has 0 spiro atoms. The van der Waals surface area contributed by atoms with E-state index in [4.69, 9.17) is 0 Å². The Morgan fingerprint density at radius 1 is 1.20 bits per heavy atom. The van der Waals surface area contributed by atoms with Crippen LogP contribution in [0.5, 0.6) is 5.75 Å². The third-order valence-corrected chi connectivity index (χ3v) is 6.53. The standard InChI is InChI=1S/C25H21FN6O2S/c1-15-21(23(34)29-18-6-4-12-27-13-18)22(16-8-10-19(33)11-9-16)32-24(28-15)30-25(31-32)35-14-17-5-2-3-7-20(17)26/h2-13,21-22,33H,1,14H2,(H,29,34)(H,28,30,31)/p+1. The molecule has 35 heavy (non-hydrogen) atoms. The van der Waals surface area contributed by atoms with Gasteiger partial charge in [0.2, 0.25) is 17.0 Å². The second-order valence-corrected chi connectivity index (χ2v) is 8.93. The van der Waals surface area contributed by atoms with Crippen LogP contribution in [-0.2, 0) is 10.5 Å². The van der Waals surface area contributed by atoms with Crippen molar-refractivity contribution in [3.8, 4) is 5.75 Å². The number of fused-ring (bicyclic) bond motifs is 1. The van der Waals surface area contributed by atoms with Gasteiger partial charge >= 0.3 is 0 Å². The summed E-state index contributed by atoms with van der Waals surface area (Å²) in [5, 5.41) is 20.9. The monoisotopic (exact) mass is 489 g/mol. The Morgan fingerprint density at radius 3 is 2.74 bits per heavy atom. The molecule has 1 amide bonds. The van der Waals surface area contributed by atoms with Gasteiger partial charge in [0.25, 0.3) is 0 Å². The van der Waals surface area contributed by atoms with Crippen LogP contribution < -0.4 is 15.6 Å². The van der Waals surface area contributed by atoms with E-state index in [2.05, 4.69) is 32.3 Å². The number of thioether (sulfide) groups is 1. The first-order chi connectivity index (χ1) is 17.0. The number of phenolic OH excluding ortho intramolecular Hbond substituents is 1. The minimum atomic E-state index is -0.724. The van der Waals surface area contributed by atoms with Gasteiger partial charge in [0, 0.05) is 17.5 Å². The number of carbonyl (C=O) groups excluding carboxylic acids is 1. The fourth-order valence-corrected chi connectivity index (χ4v) is 4.77. The molecular weight excluding hydrogens is 467 g/mol. The fourth-order valence-electron chi connectivity index (χ4n) is 3.95. The summed E-state index contributed by atoms with van der Waals surface area (Å²) in [5.74, 6) is -0.383. The number of aromatic amines is 1. The van der Waals surface area contributed by atoms with E-state index in [1.165, 1.54) is 17.8 Å². The van der Waals surface area contributed by atoms with Crippen molar-refractivity contribution in [3.05, 3.63) is 102 Å². The normalized spacial score (nSPS) is 16.9. The molecular formula is C25H22FN6O2S+. The largest absolute Gasteiger partial charge is 0.508 e. The zero-order chi connectivity index (χ0) is 24.4. The summed E-state index contributed by atoms with van der Waals surface area (Å²) in [5.41, 5.74) is 2.38. The van der Waals surface area contributed by atoms with Gasteiger partial charge in [-0.05, 0) is 35.4 Å². The molecule has 0 saturated carbocycles. The van der Waals surface area contributed by atoms with Crippen molar-refractivity contribution in [2.45, 2.75) is 17.0 Å². The van der Waals surface area contributed by atoms with Crippen LogP contribution in [0.25, 0.3) is 0 Å². The second kappa shape index (κ2) is 9.59. The highest BCUT2D eigenvalue weighted by Crippen LogP contribution is 2.39. The lowest BCUT2D eigenvalue weighted by atomic mass is 9.88. The zero-order valence-corrected chi connectivity index (χ0v) is 19.3. The summed E-state index contributed by atoms with van der Waals surface area (Å²) in [6.45, 7) is 4.10. The molecule has 0 fully saturated rings. The Hall–Kier alpha value is -4.18. The fraction of sp³-hybridized carbons (Fsp3) is 0.120. The van der Waals surface area contributed by atoms with Gasteiger partial charge in [-0.2, -0.15) is 4.98 Å². The molecule has 2 atom stereocenters. The maximum atomic E-state index is 14.1. The van der Waals surface area contributed by atoms with Crippen LogP contribution in [0.15, 0.2) is 90.5 Å². The number of rotatable bonds is 6. The molecule has 8 nitrogen and oxygen atoms in total. The van der Waals surface area contributed by atoms with Crippen molar-refractivity contribution in [1.29, 1.82) is 0 Å². The van der Waals surface area contributed by atoms with E-state index >= 15 is 0 Å². The Morgan fingerprint density at radius 2 is 2.00 bits per heavy atom. The lowest BCUT2D eigenvalue weighted by Gasteiger charge is -2.33. The summed E-state index contributed by atoms with van der Waals surface area (Å²) in [6, 6.07) is 16.2. The molecule has 4 aromatic rings. The Balaban J connectivity index is 1.48. The molecule has 3 heterocycles. The SMILES string of the molecule is C=C1Nc2nc(SCc3ccccc3F)nn2C(c2ccc(O)cc2)C1C(=O)Nc1ccc[nH+]c1. The van der Waals surface area contributed by atoms with E-state index in [1.54, 1.807) is 71.7 Å². The molecule has 176 valence electrons. The number of hydrogen-bond acceptors (Lipinski definition) is 6. The number of anilines is 2. The van der Waals surface area contributed by atoms with E-state index in [1.807, 2.05) is 0 Å². The van der Waals surface area contributed by atoms with E-state index in [-0.39, 0.29) is 17.5 Å². The third-order valence-electron chi connectivity index (χ3n) is 5.65. The first-order valence-electron chi connectivity index (χ1n) is 10.8. The van der Waals surface area contributed by atoms with Crippen LogP contribution >= 0.6 is 11.8 Å². The summed E-state index contributed by atoms with van der Waals surface area (Å²) in [4.78, 5) is 20.9. The van der Waals surface area contributed by atoms with Crippen molar-refractivity contribution in [2.75, 3.05) is 10.6 Å². The Kier molecular flexibility index (Phi) is 6.19. The topological polar surface area (TPSA) is 106 Å². The van der Waals surface area contributed by atoms with E-state index in [0.717, 1.165) is 5.56 Å². The molecule has 4 N–H and O–H groups in total. The molecule has 1 aliphatic heterocycles. The zero-order valence-electron chi connectivity index (χ0n) is 18.5. The molecule has 2 unspecified atom stereocenters. The third kappa shape index (κ3) is 4.73. The lowest BCUT2D eigenvalue weighted by molar-refractivity contribution is -0.377. The molecule has 2 aromatic carbocycles. The van der Waals surface area contributed by atoms with E-state index in [9.17, 15) is 14.3 Å². The average molecular weight is 490 g/mol. The van der Waals surface area contributed by atoms with Gasteiger partial charge in [0.1, 0.15) is 23.2 Å². The first kappa shape index (κ1) is 22.6. The van der Waals surface area contributed by atoms with Crippen LogP contribution in [0.2, 0.25) is 0 Å². The predicted molar refractivity (Wildman–Crippen MR) is 130 cm³/mol. The summed E-state index contributed by atoms with van der Waals surface area (Å²) >= 11 is 1.30. The molecule has 10 heteroatoms. The highest BCUT2D eigenvalue weighted by molar-refractivity contribution is 7.98. The molecule has 0 aliphatic carbocycles. The highest BCUT2D eigenvalue weighted by atomic mass is 32.2. The number of H-pyrrole nitrogens is 1. The van der Waals surface area contributed by atoms with Crippen LogP contribution in [-0.4, -0.2) is 25.8 Å². The number of halogens is 1. The quantitative estimate of drug-likeness (QED) is 0.354. The van der Waals surface area contributed by atoms with Crippen molar-refractivity contribution in [3.63, 3.8) is 0 Å². The summed E-state index contributed by atoms with van der Waals surface area (Å²) < 4.78 is 15.7. The summed E-state index contributed by atoms with van der Waals surface area (Å²) in [7, 11) is 0. The van der Waals surface area contributed by atoms with Crippen molar-refractivity contribution < 1.29 is 19.3 Å². The van der Waals surface area contributed by atoms with E-state index < -0.39 is 12.0 Å². The average Bonchev–Trinajstić information content (AvgIpc) is 3.26. The molecule has 0 bridgehead atoms. The second-order valence-electron chi connectivity index (χ2n) is 7.99. The van der Waals surface area contributed by atoms with Gasteiger partial charge in [-0.3, -0.25) is 4.79 Å². The molecule has 0 saturated heterocycles. The van der Waals surface area contributed by atoms with Crippen molar-refractivity contribution in [1.82, 2.24) is 14.8 Å². The van der Waals surface area contributed by atoms with Crippen LogP contribution in [0, 0.1) is 11.7 Å². The number of aromatic nitrogens is 4. The van der Waals surface area contributed by atoms with Gasteiger partial charge in [-0.25, -0.2) is 14.1 Å². The van der Waals surface area contributed by atoms with Crippen LogP contribution in [0.4, 0.5) is 16.0 Å². The van der Waals surface area contributed by atoms with Crippen molar-refractivity contribution in [2.24, 2.45) is 5.92 Å². The number of nitrogens with zero attached hydrogens (tertiary/aromatic N) is 3. The van der Waals surface area contributed by atoms with Gasteiger partial charge in [0.15, 0.2) is 12.4 Å². The maximum absolute atomic E-state index is 14.1. The predicted octanol–water partition coefficient (Wildman–Crippen LogP) is 4.01.